The Kier molecular flexibility index (Phi) is 8.47. The number of hydrogen-bond donors (Lipinski definition) is 1. The summed E-state index contributed by atoms with van der Waals surface area (Å²) in [6.07, 6.45) is 4.44. The minimum Gasteiger partial charge on any atom is -0.461 e. The topological polar surface area (TPSA) is 142 Å². The molecule has 0 radical (unpaired) electrons. The first-order valence-electron chi connectivity index (χ1n) is 19.5. The van der Waals surface area contributed by atoms with Gasteiger partial charge in [0.1, 0.15) is 47.3 Å². The Bertz CT molecular complexity index is 2600. The summed E-state index contributed by atoms with van der Waals surface area (Å²) >= 11 is 7.92. The highest BCUT2D eigenvalue weighted by atomic mass is 35.5. The summed E-state index contributed by atoms with van der Waals surface area (Å²) in [6.45, 7) is 6.26. The second kappa shape index (κ2) is 13.1. The number of carbonyl (C=O) groups is 1. The lowest BCUT2D eigenvalue weighted by atomic mass is 9.60. The monoisotopic (exact) mass is 834 g/mol. The zero-order valence-electron chi connectivity index (χ0n) is 31.7. The molecule has 4 aliphatic heterocycles. The van der Waals surface area contributed by atoms with Gasteiger partial charge in [-0.05, 0) is 75.1 Å². The van der Waals surface area contributed by atoms with E-state index in [-0.39, 0.29) is 77.8 Å². The highest BCUT2D eigenvalue weighted by molar-refractivity contribution is 7.23. The number of piperidine rings is 1. The molecule has 3 aromatic heterocycles. The van der Waals surface area contributed by atoms with Crippen molar-refractivity contribution in [3.8, 4) is 23.2 Å². The molecule has 7 heterocycles. The highest BCUT2D eigenvalue weighted by Gasteiger charge is 2.66. The number of thiophene rings is 1. The molecule has 1 amide bonds. The molecular formula is C40H39ClF4N10O2S. The van der Waals surface area contributed by atoms with Gasteiger partial charge in [0.05, 0.1) is 20.8 Å². The Labute approximate surface area is 339 Å². The first-order chi connectivity index (χ1) is 27.7. The third-order valence-electron chi connectivity index (χ3n) is 13.6. The Hall–Kier alpha value is -4.79. The zero-order chi connectivity index (χ0) is 40.5. The van der Waals surface area contributed by atoms with Crippen molar-refractivity contribution < 1.29 is 27.1 Å². The third-order valence-corrected chi connectivity index (χ3v) is 14.9. The number of likely N-dealkylation sites (tertiary alicyclic amines) is 1. The number of rotatable bonds is 6. The van der Waals surface area contributed by atoms with Crippen molar-refractivity contribution in [1.29, 1.82) is 5.26 Å². The molecule has 5 atom stereocenters. The fourth-order valence-electron chi connectivity index (χ4n) is 10.7. The van der Waals surface area contributed by atoms with E-state index in [1.54, 1.807) is 11.0 Å². The van der Waals surface area contributed by atoms with Gasteiger partial charge in [0.15, 0.2) is 5.82 Å². The van der Waals surface area contributed by atoms with Crippen LogP contribution in [0.25, 0.3) is 32.1 Å². The normalized spacial score (nSPS) is 27.7. The Balaban J connectivity index is 1.10. The summed E-state index contributed by atoms with van der Waals surface area (Å²) in [5.74, 6) is -1.03. The van der Waals surface area contributed by atoms with Crippen molar-refractivity contribution in [2.24, 2.45) is 10.8 Å². The third kappa shape index (κ3) is 5.57. The van der Waals surface area contributed by atoms with E-state index in [0.29, 0.717) is 37.3 Å². The van der Waals surface area contributed by atoms with Crippen LogP contribution in [0.3, 0.4) is 0 Å². The van der Waals surface area contributed by atoms with Crippen LogP contribution in [-0.4, -0.2) is 97.1 Å². The van der Waals surface area contributed by atoms with E-state index in [1.807, 2.05) is 6.07 Å². The van der Waals surface area contributed by atoms with Crippen molar-refractivity contribution in [2.45, 2.75) is 82.6 Å². The number of nitriles is 1. The molecule has 1 spiro atoms. The predicted molar refractivity (Wildman–Crippen MR) is 210 cm³/mol. The van der Waals surface area contributed by atoms with Crippen molar-refractivity contribution in [3.05, 3.63) is 52.8 Å². The van der Waals surface area contributed by atoms with Crippen LogP contribution in [-0.2, 0) is 0 Å². The number of hydrogen-bond acceptors (Lipinski definition) is 11. The summed E-state index contributed by atoms with van der Waals surface area (Å²) in [5, 5.41) is 14.2. The smallest absolute Gasteiger partial charge is 0.346 e. The molecule has 2 N–H and O–H groups in total. The van der Waals surface area contributed by atoms with Gasteiger partial charge in [-0.3, -0.25) is 4.90 Å². The van der Waals surface area contributed by atoms with Crippen LogP contribution in [0, 0.1) is 39.9 Å². The molecule has 5 aromatic rings. The van der Waals surface area contributed by atoms with Gasteiger partial charge in [0.25, 0.3) is 0 Å². The molecule has 302 valence electrons. The summed E-state index contributed by atoms with van der Waals surface area (Å²) in [5.41, 5.74) is 5.09. The molecule has 10 rings (SSSR count). The van der Waals surface area contributed by atoms with E-state index in [9.17, 15) is 18.8 Å². The van der Waals surface area contributed by atoms with E-state index >= 15 is 8.78 Å². The van der Waals surface area contributed by atoms with Crippen LogP contribution >= 0.6 is 22.9 Å². The van der Waals surface area contributed by atoms with Crippen molar-refractivity contribution >= 4 is 60.8 Å². The number of amides is 1. The molecule has 0 bridgehead atoms. The molecular weight excluding hydrogens is 796 g/mol. The Morgan fingerprint density at radius 3 is 2.72 bits per heavy atom. The molecule has 5 aliphatic rings. The molecule has 1 saturated carbocycles. The first kappa shape index (κ1) is 37.5. The lowest BCUT2D eigenvalue weighted by Crippen LogP contribution is -2.74. The zero-order valence-corrected chi connectivity index (χ0v) is 33.3. The van der Waals surface area contributed by atoms with E-state index < -0.39 is 35.5 Å². The number of benzene rings is 2. The minimum absolute atomic E-state index is 0.00579. The van der Waals surface area contributed by atoms with Crippen LogP contribution in [0.1, 0.15) is 64.4 Å². The number of ether oxygens (including phenoxy) is 1. The van der Waals surface area contributed by atoms with E-state index in [0.717, 1.165) is 67.4 Å². The summed E-state index contributed by atoms with van der Waals surface area (Å²) < 4.78 is 68.6. The van der Waals surface area contributed by atoms with Crippen LogP contribution < -0.4 is 15.4 Å². The maximum Gasteiger partial charge on any atom is 0.346 e. The number of alkyl halides is 1. The molecule has 58 heavy (non-hydrogen) atoms. The van der Waals surface area contributed by atoms with E-state index in [2.05, 4.69) is 38.7 Å². The summed E-state index contributed by atoms with van der Waals surface area (Å²) in [7, 11) is 0. The molecule has 0 unspecified atom stereocenters. The molecule has 4 saturated heterocycles. The lowest BCUT2D eigenvalue weighted by Gasteiger charge is -2.63. The van der Waals surface area contributed by atoms with Gasteiger partial charge in [-0.1, -0.05) is 24.6 Å². The fourth-order valence-corrected chi connectivity index (χ4v) is 11.9. The average Bonchev–Trinajstić information content (AvgIpc) is 3.51. The number of fused-ring (bicyclic) bond motifs is 3. The predicted octanol–water partition coefficient (Wildman–Crippen LogP) is 7.71. The second-order valence-corrected chi connectivity index (χ2v) is 18.7. The lowest BCUT2D eigenvalue weighted by molar-refractivity contribution is -0.0883. The molecule has 5 fully saturated rings. The molecule has 18 heteroatoms. The van der Waals surface area contributed by atoms with Gasteiger partial charge >= 0.3 is 18.1 Å². The van der Waals surface area contributed by atoms with Crippen LogP contribution in [0.4, 0.5) is 33.2 Å². The largest absolute Gasteiger partial charge is 0.461 e. The van der Waals surface area contributed by atoms with Gasteiger partial charge in [-0.25, -0.2) is 18.0 Å². The molecule has 2 aromatic carbocycles. The minimum atomic E-state index is -0.986. The van der Waals surface area contributed by atoms with Gasteiger partial charge < -0.3 is 20.3 Å². The number of aromatic nitrogens is 5. The summed E-state index contributed by atoms with van der Waals surface area (Å²) in [6, 6.07) is 5.40. The van der Waals surface area contributed by atoms with E-state index in [4.69, 9.17) is 27.1 Å². The van der Waals surface area contributed by atoms with Crippen molar-refractivity contribution in [2.75, 3.05) is 43.4 Å². The quantitative estimate of drug-likeness (QED) is 0.169. The maximum atomic E-state index is 17.5. The van der Waals surface area contributed by atoms with Gasteiger partial charge in [-0.15, -0.1) is 16.4 Å². The Morgan fingerprint density at radius 1 is 1.17 bits per heavy atom. The Morgan fingerprint density at radius 2 is 1.98 bits per heavy atom. The average molecular weight is 835 g/mol. The number of carbonyl (C=O) groups excluding carboxylic acids is 1. The number of nitrogens with zero attached hydrogens (tertiary/aromatic N) is 9. The van der Waals surface area contributed by atoms with E-state index in [1.165, 1.54) is 12.1 Å². The van der Waals surface area contributed by atoms with Gasteiger partial charge in [0, 0.05) is 59.9 Å². The maximum absolute atomic E-state index is 17.5. The van der Waals surface area contributed by atoms with Gasteiger partial charge in [0.2, 0.25) is 0 Å². The number of halogens is 5. The fraction of sp³-hybridized carbons (Fsp3) is 0.500. The second-order valence-electron chi connectivity index (χ2n) is 17.2. The number of nitrogen functional groups attached to an aromatic ring is 1. The number of nitrogens with two attached hydrogens (primary N) is 1. The van der Waals surface area contributed by atoms with Crippen LogP contribution in [0.2, 0.25) is 5.02 Å². The standard InChI is InChI=1S/C40H39ClF4N10O2S/c1-20-6-8-39(17-54(34(39)38(2)9-10-38)37(56)55-19-48-35(45)51-55)16-53(20)33-23-12-25(41)28(22-4-5-26(43)31-27(22)24(14-46)32(47)58-31)29(44)30(23)49-36(50-33)57-18-40-7-3-11-52(40)15-21(42)13-40/h4-5,12,19-21,34H,3,6-11,13,15-18,47H2,1-2H3/t20-,21+,34+,39+,40-/m0/s1. The van der Waals surface area contributed by atoms with Crippen LogP contribution in [0.5, 0.6) is 6.01 Å². The first-order valence-corrected chi connectivity index (χ1v) is 20.7. The summed E-state index contributed by atoms with van der Waals surface area (Å²) in [4.78, 5) is 32.8. The van der Waals surface area contributed by atoms with Crippen molar-refractivity contribution in [1.82, 2.24) is 34.5 Å². The highest BCUT2D eigenvalue weighted by Crippen LogP contribution is 2.62. The number of anilines is 2. The molecule has 12 nitrogen and oxygen atoms in total. The SMILES string of the molecule is C[C@H]1CC[C@]2(CN(C(=O)n3cnc(F)n3)[C@@H]2C2(C)CC2)CN1c1nc(OC[C@@]23CCCN2C[C@H](F)C3)nc2c(F)c(-c3ccc(F)c4sc(N)c(C#N)c34)c(Cl)cc12. The molecule has 1 aliphatic carbocycles. The van der Waals surface area contributed by atoms with Gasteiger partial charge in [-0.2, -0.15) is 29.3 Å². The van der Waals surface area contributed by atoms with Crippen LogP contribution in [0.15, 0.2) is 24.5 Å². The van der Waals surface area contributed by atoms with Crippen molar-refractivity contribution in [3.63, 3.8) is 0 Å².